The summed E-state index contributed by atoms with van der Waals surface area (Å²) in [5.74, 6) is 1.03. The Bertz CT molecular complexity index is 754. The highest BCUT2D eigenvalue weighted by molar-refractivity contribution is 5.90. The molecule has 0 spiro atoms. The second-order valence-electron chi connectivity index (χ2n) is 6.96. The van der Waals surface area contributed by atoms with Crippen molar-refractivity contribution in [2.45, 2.75) is 38.5 Å². The van der Waals surface area contributed by atoms with Crippen molar-refractivity contribution in [2.24, 2.45) is 13.0 Å². The maximum Gasteiger partial charge on any atom is 0.229 e. The minimum Gasteiger partial charge on any atom is -0.317 e. The molecule has 1 fully saturated rings. The number of benzene rings is 1. The molecule has 2 aromatic rings. The Balaban J connectivity index is 1.57. The summed E-state index contributed by atoms with van der Waals surface area (Å²) in [6, 6.07) is 6.68. The summed E-state index contributed by atoms with van der Waals surface area (Å²) in [5.41, 5.74) is 0.638. The topological polar surface area (TPSA) is 71.8 Å². The van der Waals surface area contributed by atoms with E-state index in [1.54, 1.807) is 23.9 Å². The average Bonchev–Trinajstić information content (AvgIpc) is 3.02. The molecule has 1 saturated heterocycles. The van der Waals surface area contributed by atoms with Crippen LogP contribution in [0.15, 0.2) is 24.3 Å². The molecular formula is C19H26FN5O. The van der Waals surface area contributed by atoms with Crippen molar-refractivity contribution in [1.29, 1.82) is 0 Å². The minimum atomic E-state index is -0.242. The molecule has 2 heterocycles. The number of nitrogens with one attached hydrogen (secondary N) is 2. The molecule has 0 radical (unpaired) electrons. The lowest BCUT2D eigenvalue weighted by Gasteiger charge is -2.19. The monoisotopic (exact) mass is 359 g/mol. The summed E-state index contributed by atoms with van der Waals surface area (Å²) in [7, 11) is 1.79. The number of rotatable bonds is 6. The second kappa shape index (κ2) is 8.40. The average molecular weight is 359 g/mol. The van der Waals surface area contributed by atoms with E-state index >= 15 is 0 Å². The Morgan fingerprint density at radius 1 is 1.38 bits per heavy atom. The molecule has 3 rings (SSSR count). The van der Waals surface area contributed by atoms with E-state index in [-0.39, 0.29) is 17.6 Å². The van der Waals surface area contributed by atoms with Crippen LogP contribution in [-0.4, -0.2) is 33.8 Å². The molecule has 1 amide bonds. The molecule has 0 bridgehead atoms. The Kier molecular flexibility index (Phi) is 5.98. The lowest BCUT2D eigenvalue weighted by atomic mass is 9.98. The van der Waals surface area contributed by atoms with Crippen molar-refractivity contribution in [1.82, 2.24) is 20.1 Å². The lowest BCUT2D eigenvalue weighted by molar-refractivity contribution is -0.119. The van der Waals surface area contributed by atoms with Gasteiger partial charge >= 0.3 is 0 Å². The highest BCUT2D eigenvalue weighted by atomic mass is 19.1. The third-order valence-electron chi connectivity index (χ3n) is 4.97. The molecule has 2 N–H and O–H groups in total. The zero-order chi connectivity index (χ0) is 18.5. The highest BCUT2D eigenvalue weighted by Gasteiger charge is 2.22. The predicted molar refractivity (Wildman–Crippen MR) is 98.4 cm³/mol. The number of anilines is 1. The molecule has 0 aliphatic carbocycles. The fraction of sp³-hybridized carbons (Fsp3) is 0.526. The van der Waals surface area contributed by atoms with E-state index in [0.717, 1.165) is 31.8 Å². The summed E-state index contributed by atoms with van der Waals surface area (Å²) < 4.78 is 15.3. The first-order valence-electron chi connectivity index (χ1n) is 9.20. The molecular weight excluding hydrogens is 333 g/mol. The molecule has 6 nitrogen and oxygen atoms in total. The Morgan fingerprint density at radius 2 is 2.12 bits per heavy atom. The Hall–Kier alpha value is -2.28. The number of carbonyl (C=O) groups is 1. The minimum absolute atomic E-state index is 0.117. The fourth-order valence-corrected chi connectivity index (χ4v) is 3.20. The summed E-state index contributed by atoms with van der Waals surface area (Å²) in [5, 5.41) is 10.7. The number of hydrogen-bond acceptors (Lipinski definition) is 4. The highest BCUT2D eigenvalue weighted by Crippen LogP contribution is 2.23. The maximum atomic E-state index is 13.7. The van der Waals surface area contributed by atoms with Crippen LogP contribution in [0.2, 0.25) is 0 Å². The van der Waals surface area contributed by atoms with Gasteiger partial charge in [0.15, 0.2) is 5.82 Å². The molecule has 1 aliphatic heterocycles. The largest absolute Gasteiger partial charge is 0.317 e. The van der Waals surface area contributed by atoms with E-state index in [0.29, 0.717) is 30.3 Å². The molecule has 1 aromatic carbocycles. The first-order chi connectivity index (χ1) is 12.5. The molecule has 1 aromatic heterocycles. The van der Waals surface area contributed by atoms with Crippen molar-refractivity contribution in [3.8, 4) is 0 Å². The Morgan fingerprint density at radius 3 is 2.85 bits per heavy atom. The van der Waals surface area contributed by atoms with E-state index in [2.05, 4.69) is 20.7 Å². The third-order valence-corrected chi connectivity index (χ3v) is 4.97. The molecule has 26 heavy (non-hydrogen) atoms. The predicted octanol–water partition coefficient (Wildman–Crippen LogP) is 2.63. The second-order valence-corrected chi connectivity index (χ2v) is 6.96. The molecule has 1 unspecified atom stereocenters. The number of carbonyl (C=O) groups excluding carboxylic acids is 1. The molecule has 140 valence electrons. The van der Waals surface area contributed by atoms with Gasteiger partial charge in [-0.1, -0.05) is 25.1 Å². The first-order valence-corrected chi connectivity index (χ1v) is 9.20. The van der Waals surface area contributed by atoms with Crippen molar-refractivity contribution < 1.29 is 9.18 Å². The SMILES string of the molecule is CC(CCc1ccccc1F)C(=O)Nc1nc(C2CCNCC2)nn1C. The molecule has 1 atom stereocenters. The number of halogens is 1. The zero-order valence-electron chi connectivity index (χ0n) is 15.3. The lowest BCUT2D eigenvalue weighted by Crippen LogP contribution is -2.27. The van der Waals surface area contributed by atoms with Crippen LogP contribution in [0.5, 0.6) is 0 Å². The zero-order valence-corrected chi connectivity index (χ0v) is 15.3. The summed E-state index contributed by atoms with van der Waals surface area (Å²) in [6.45, 7) is 3.79. The van der Waals surface area contributed by atoms with E-state index in [1.165, 1.54) is 6.07 Å². The van der Waals surface area contributed by atoms with Gasteiger partial charge in [-0.3, -0.25) is 10.1 Å². The number of hydrogen-bond donors (Lipinski definition) is 2. The van der Waals surface area contributed by atoms with Crippen molar-refractivity contribution in [2.75, 3.05) is 18.4 Å². The van der Waals surface area contributed by atoms with E-state index in [4.69, 9.17) is 0 Å². The van der Waals surface area contributed by atoms with Crippen LogP contribution in [0.4, 0.5) is 10.3 Å². The molecule has 7 heteroatoms. The first kappa shape index (κ1) is 18.5. The van der Waals surface area contributed by atoms with Gasteiger partial charge in [0.2, 0.25) is 11.9 Å². The van der Waals surface area contributed by atoms with Gasteiger partial charge in [-0.25, -0.2) is 9.07 Å². The smallest absolute Gasteiger partial charge is 0.229 e. The van der Waals surface area contributed by atoms with Gasteiger partial charge in [0.1, 0.15) is 5.82 Å². The number of piperidine rings is 1. The van der Waals surface area contributed by atoms with Gasteiger partial charge in [-0.2, -0.15) is 10.1 Å². The standard InChI is InChI=1S/C19H26FN5O/c1-13(7-8-14-5-3-4-6-16(14)20)18(26)23-19-22-17(24-25(19)2)15-9-11-21-12-10-15/h3-6,13,15,21H,7-12H2,1-2H3,(H,22,23,24,26). The van der Waals surface area contributed by atoms with Gasteiger partial charge < -0.3 is 5.32 Å². The van der Waals surface area contributed by atoms with Gasteiger partial charge in [0.05, 0.1) is 0 Å². The molecule has 0 saturated carbocycles. The van der Waals surface area contributed by atoms with Crippen LogP contribution in [0, 0.1) is 11.7 Å². The van der Waals surface area contributed by atoms with Crippen LogP contribution in [0.25, 0.3) is 0 Å². The van der Waals surface area contributed by atoms with Gasteiger partial charge in [0, 0.05) is 18.9 Å². The number of amides is 1. The number of aromatic nitrogens is 3. The Labute approximate surface area is 153 Å². The van der Waals surface area contributed by atoms with Crippen molar-refractivity contribution in [3.05, 3.63) is 41.5 Å². The van der Waals surface area contributed by atoms with E-state index < -0.39 is 0 Å². The fourth-order valence-electron chi connectivity index (χ4n) is 3.20. The molecule has 1 aliphatic rings. The summed E-state index contributed by atoms with van der Waals surface area (Å²) >= 11 is 0. The van der Waals surface area contributed by atoms with Gasteiger partial charge in [-0.15, -0.1) is 0 Å². The number of aryl methyl sites for hydroxylation is 2. The van der Waals surface area contributed by atoms with E-state index in [1.807, 2.05) is 13.0 Å². The quantitative estimate of drug-likeness (QED) is 0.832. The summed E-state index contributed by atoms with van der Waals surface area (Å²) in [4.78, 5) is 17.0. The van der Waals surface area contributed by atoms with Crippen LogP contribution in [-0.2, 0) is 18.3 Å². The van der Waals surface area contributed by atoms with Crippen LogP contribution in [0.1, 0.15) is 43.5 Å². The van der Waals surface area contributed by atoms with Gasteiger partial charge in [0.25, 0.3) is 0 Å². The van der Waals surface area contributed by atoms with Crippen LogP contribution < -0.4 is 10.6 Å². The maximum absolute atomic E-state index is 13.7. The van der Waals surface area contributed by atoms with E-state index in [9.17, 15) is 9.18 Å². The van der Waals surface area contributed by atoms with Crippen molar-refractivity contribution in [3.63, 3.8) is 0 Å². The number of nitrogens with zero attached hydrogens (tertiary/aromatic N) is 3. The normalized spacial score (nSPS) is 16.4. The van der Waals surface area contributed by atoms with Crippen molar-refractivity contribution >= 4 is 11.9 Å². The summed E-state index contributed by atoms with van der Waals surface area (Å²) in [6.07, 6.45) is 3.12. The van der Waals surface area contributed by atoms with Crippen LogP contribution >= 0.6 is 0 Å². The van der Waals surface area contributed by atoms with Gasteiger partial charge in [-0.05, 0) is 50.4 Å². The third kappa shape index (κ3) is 4.46. The van der Waals surface area contributed by atoms with Crippen LogP contribution in [0.3, 0.4) is 0 Å².